The summed E-state index contributed by atoms with van der Waals surface area (Å²) in [6.07, 6.45) is -9.82. The van der Waals surface area contributed by atoms with Gasteiger partial charge in [0.1, 0.15) is 18.3 Å². The van der Waals surface area contributed by atoms with E-state index in [4.69, 9.17) is 28.4 Å². The molecule has 0 radical (unpaired) electrons. The predicted octanol–water partition coefficient (Wildman–Crippen LogP) is 2.21. The lowest BCUT2D eigenvalue weighted by Gasteiger charge is -2.49. The smallest absolute Gasteiger partial charge is 0.311 e. The number of esters is 1. The van der Waals surface area contributed by atoms with Crippen LogP contribution >= 0.6 is 0 Å². The second-order valence-electron chi connectivity index (χ2n) is 17.3. The van der Waals surface area contributed by atoms with Gasteiger partial charge in [0, 0.05) is 43.9 Å². The molecule has 3 saturated heterocycles. The maximum atomic E-state index is 14.1. The summed E-state index contributed by atoms with van der Waals surface area (Å²) in [5, 5.41) is 68.2. The summed E-state index contributed by atoms with van der Waals surface area (Å²) in [5.74, 6) is -4.00. The summed E-state index contributed by atoms with van der Waals surface area (Å²) in [7, 11) is 3.31. The fourth-order valence-corrected chi connectivity index (χ4v) is 9.01. The number of carbonyl (C=O) groups excluding carboxylic acids is 1. The molecule has 53 heavy (non-hydrogen) atoms. The molecule has 0 bridgehead atoms. The summed E-state index contributed by atoms with van der Waals surface area (Å²) in [4.78, 5) is 16.0. The molecule has 3 fully saturated rings. The van der Waals surface area contributed by atoms with Crippen molar-refractivity contribution < 1.29 is 63.9 Å². The molecule has 0 unspecified atom stereocenters. The molecule has 14 heteroatoms. The van der Waals surface area contributed by atoms with E-state index in [0.29, 0.717) is 19.4 Å². The van der Waals surface area contributed by atoms with Crippen LogP contribution in [0.15, 0.2) is 0 Å². The molecule has 312 valence electrons. The fourth-order valence-electron chi connectivity index (χ4n) is 9.01. The number of aliphatic hydroxyl groups is 6. The third kappa shape index (κ3) is 10.9. The van der Waals surface area contributed by atoms with E-state index >= 15 is 0 Å². The normalized spacial score (nSPS) is 48.9. The zero-order chi connectivity index (χ0) is 40.3. The average Bonchev–Trinajstić information content (AvgIpc) is 3.08. The number of carbonyl (C=O) groups is 1. The predicted molar refractivity (Wildman–Crippen MR) is 196 cm³/mol. The molecule has 3 aliphatic heterocycles. The van der Waals surface area contributed by atoms with Gasteiger partial charge in [0.2, 0.25) is 0 Å². The maximum absolute atomic E-state index is 14.1. The molecule has 20 atom stereocenters. The van der Waals surface area contributed by atoms with Crippen LogP contribution in [0.4, 0.5) is 0 Å². The molecule has 6 N–H and O–H groups in total. The topological polar surface area (TPSA) is 197 Å². The largest absolute Gasteiger partial charge is 0.462 e. The molecule has 0 aromatic heterocycles. The van der Waals surface area contributed by atoms with E-state index in [9.17, 15) is 35.4 Å². The molecule has 14 nitrogen and oxygen atoms in total. The van der Waals surface area contributed by atoms with Gasteiger partial charge in [0.05, 0.1) is 59.8 Å². The molecular weight excluding hydrogens is 690 g/mol. The minimum absolute atomic E-state index is 0.0198. The molecule has 0 spiro atoms. The number of hydrogen-bond acceptors (Lipinski definition) is 14. The van der Waals surface area contributed by atoms with Crippen LogP contribution in [0.5, 0.6) is 0 Å². The van der Waals surface area contributed by atoms with Crippen molar-refractivity contribution in [3.05, 3.63) is 0 Å². The Balaban J connectivity index is 2.15. The lowest BCUT2D eigenvalue weighted by molar-refractivity contribution is -0.318. The fraction of sp³-hybridized carbons (Fsp3) is 0.974. The first-order valence-electron chi connectivity index (χ1n) is 19.7. The number of nitrogens with zero attached hydrogens (tertiary/aromatic N) is 1. The van der Waals surface area contributed by atoms with Gasteiger partial charge in [-0.2, -0.15) is 0 Å². The van der Waals surface area contributed by atoms with Crippen molar-refractivity contribution in [2.45, 2.75) is 193 Å². The molecule has 0 aliphatic carbocycles. The summed E-state index contributed by atoms with van der Waals surface area (Å²) in [5.41, 5.74) is -2.73. The highest BCUT2D eigenvalue weighted by Gasteiger charge is 2.52. The van der Waals surface area contributed by atoms with E-state index in [0.717, 1.165) is 0 Å². The van der Waals surface area contributed by atoms with Crippen molar-refractivity contribution in [1.29, 1.82) is 0 Å². The van der Waals surface area contributed by atoms with Gasteiger partial charge in [-0.15, -0.1) is 0 Å². The Morgan fingerprint density at radius 3 is 2.09 bits per heavy atom. The molecule has 3 heterocycles. The van der Waals surface area contributed by atoms with E-state index < -0.39 is 120 Å². The maximum Gasteiger partial charge on any atom is 0.311 e. The van der Waals surface area contributed by atoms with Crippen molar-refractivity contribution in [1.82, 2.24) is 4.90 Å². The molecule has 0 amide bonds. The first-order chi connectivity index (χ1) is 24.5. The molecule has 0 saturated carbocycles. The highest BCUT2D eigenvalue weighted by molar-refractivity contribution is 5.73. The van der Waals surface area contributed by atoms with Gasteiger partial charge in [-0.25, -0.2) is 0 Å². The second-order valence-corrected chi connectivity index (χ2v) is 17.3. The molecule has 0 aromatic rings. The summed E-state index contributed by atoms with van der Waals surface area (Å²) >= 11 is 0. The minimum atomic E-state index is -1.71. The van der Waals surface area contributed by atoms with Gasteiger partial charge in [-0.3, -0.25) is 9.69 Å². The monoisotopic (exact) mass is 764 g/mol. The van der Waals surface area contributed by atoms with E-state index in [1.165, 1.54) is 7.11 Å². The number of likely N-dealkylation sites (N-methyl/N-ethyl adjacent to an activating group) is 1. The van der Waals surface area contributed by atoms with Crippen molar-refractivity contribution in [3.63, 3.8) is 0 Å². The standard InChI is InChI=1S/C39H73NO13/c1-14-28-22(5)31(43)23(6)30(42)19(2)16-38(10,47)35(53-37-32(44)27(15-21(4)49-37)40(12)18-20(3)41)24(7)33(25(8)36(46)51-28)52-29-17-39(11,48-13)34(45)26(9)50-29/h19-35,37,41-45,47H,14-18H2,1-13H3/t19-,20+,21-,22+,23+,24+,25-,26+,27+,28-,29-,30+,31+,32-,33+,34+,35-,37+,38-,39-/m1/s1. The Bertz CT molecular complexity index is 1140. The van der Waals surface area contributed by atoms with Crippen LogP contribution < -0.4 is 0 Å². The van der Waals surface area contributed by atoms with Crippen LogP contribution in [0, 0.1) is 29.6 Å². The van der Waals surface area contributed by atoms with Crippen LogP contribution in [0.3, 0.4) is 0 Å². The average molecular weight is 764 g/mol. The number of methoxy groups -OCH3 is 1. The van der Waals surface area contributed by atoms with Crippen molar-refractivity contribution in [2.75, 3.05) is 20.7 Å². The summed E-state index contributed by atoms with van der Waals surface area (Å²) in [6.45, 7) is 19.6. The van der Waals surface area contributed by atoms with E-state index in [-0.39, 0.29) is 18.9 Å². The van der Waals surface area contributed by atoms with Gasteiger partial charge >= 0.3 is 5.97 Å². The minimum Gasteiger partial charge on any atom is -0.462 e. The quantitative estimate of drug-likeness (QED) is 0.187. The SMILES string of the molecule is CC[C@H]1OC(=O)[C@H](C)[C@@H](O[C@@H]2C[C@@](C)(OC)[C@@H](O)[C@H](C)O2)[C@H](C)[C@@H](O[C@@H]2O[C@H](C)C[C@H](N(C)C[C@H](C)O)[C@H]2O)[C@](C)(O)C[C@@H](C)[C@H](O)[C@H](C)[C@@H](O)[C@H]1C. The zero-order valence-electron chi connectivity index (χ0n) is 34.4. The summed E-state index contributed by atoms with van der Waals surface area (Å²) < 4.78 is 37.6. The van der Waals surface area contributed by atoms with Crippen LogP contribution in [0.25, 0.3) is 0 Å². The van der Waals surface area contributed by atoms with E-state index in [2.05, 4.69) is 0 Å². The van der Waals surface area contributed by atoms with Crippen molar-refractivity contribution in [3.8, 4) is 0 Å². The Labute approximate surface area is 317 Å². The number of aliphatic hydroxyl groups excluding tert-OH is 5. The molecule has 0 aromatic carbocycles. The van der Waals surface area contributed by atoms with Crippen LogP contribution in [-0.4, -0.2) is 153 Å². The Hall–Kier alpha value is -1.01. The molecule has 3 aliphatic rings. The third-order valence-corrected chi connectivity index (χ3v) is 12.5. The summed E-state index contributed by atoms with van der Waals surface area (Å²) in [6, 6.07) is -0.440. The first-order valence-corrected chi connectivity index (χ1v) is 19.7. The highest BCUT2D eigenvalue weighted by Crippen LogP contribution is 2.41. The second kappa shape index (κ2) is 19.0. The van der Waals surface area contributed by atoms with E-state index in [1.807, 2.05) is 25.8 Å². The highest BCUT2D eigenvalue weighted by atomic mass is 16.7. The third-order valence-electron chi connectivity index (χ3n) is 12.5. The Morgan fingerprint density at radius 1 is 0.906 bits per heavy atom. The number of ether oxygens (including phenoxy) is 6. The van der Waals surface area contributed by atoms with Crippen LogP contribution in [0.1, 0.15) is 102 Å². The van der Waals surface area contributed by atoms with E-state index in [1.54, 1.807) is 62.3 Å². The Morgan fingerprint density at radius 2 is 1.53 bits per heavy atom. The van der Waals surface area contributed by atoms with Crippen LogP contribution in [-0.2, 0) is 33.2 Å². The Kier molecular flexibility index (Phi) is 16.6. The molecular formula is C39H73NO13. The first kappa shape index (κ1) is 46.4. The molecule has 3 rings (SSSR count). The van der Waals surface area contributed by atoms with Crippen molar-refractivity contribution in [2.24, 2.45) is 29.6 Å². The van der Waals surface area contributed by atoms with Gasteiger partial charge in [-0.05, 0) is 73.8 Å². The van der Waals surface area contributed by atoms with Crippen LogP contribution in [0.2, 0.25) is 0 Å². The number of rotatable bonds is 9. The van der Waals surface area contributed by atoms with Gasteiger partial charge < -0.3 is 59.1 Å². The van der Waals surface area contributed by atoms with Gasteiger partial charge in [0.25, 0.3) is 0 Å². The number of hydrogen-bond donors (Lipinski definition) is 6. The lowest BCUT2D eigenvalue weighted by Crippen LogP contribution is -2.61. The van der Waals surface area contributed by atoms with Crippen molar-refractivity contribution >= 4 is 5.97 Å². The van der Waals surface area contributed by atoms with Gasteiger partial charge in [0.15, 0.2) is 12.6 Å². The zero-order valence-corrected chi connectivity index (χ0v) is 34.4. The lowest BCUT2D eigenvalue weighted by atomic mass is 9.74. The van der Waals surface area contributed by atoms with Gasteiger partial charge in [-0.1, -0.05) is 34.6 Å². The number of cyclic esters (lactones) is 1.